The molecule has 0 aromatic carbocycles. The molecule has 1 aromatic heterocycles. The number of likely N-dealkylation sites (tertiary alicyclic amines) is 1. The molecule has 0 spiro atoms. The Morgan fingerprint density at radius 1 is 1.59 bits per heavy atom. The van der Waals surface area contributed by atoms with Crippen LogP contribution in [0.3, 0.4) is 0 Å². The lowest BCUT2D eigenvalue weighted by Gasteiger charge is -2.31. The molecule has 0 aliphatic carbocycles. The highest BCUT2D eigenvalue weighted by molar-refractivity contribution is 14.1. The van der Waals surface area contributed by atoms with Crippen LogP contribution >= 0.6 is 22.6 Å². The smallest absolute Gasteiger partial charge is 0.255 e. The van der Waals surface area contributed by atoms with Crippen molar-refractivity contribution in [2.45, 2.75) is 12.8 Å². The quantitative estimate of drug-likeness (QED) is 0.827. The molecule has 0 radical (unpaired) electrons. The zero-order valence-electron chi connectivity index (χ0n) is 9.47. The minimum absolute atomic E-state index is 0.0224. The first-order valence-electron chi connectivity index (χ1n) is 5.71. The Kier molecular flexibility index (Phi) is 4.33. The molecule has 1 N–H and O–H groups in total. The van der Waals surface area contributed by atoms with Gasteiger partial charge in [0, 0.05) is 35.7 Å². The number of halogens is 1. The maximum absolute atomic E-state index is 12.2. The maximum atomic E-state index is 12.2. The molecule has 1 aliphatic rings. The number of piperidine rings is 1. The zero-order chi connectivity index (χ0) is 12.3. The van der Waals surface area contributed by atoms with Crippen LogP contribution < -0.4 is 0 Å². The van der Waals surface area contributed by atoms with Crippen LogP contribution in [0.5, 0.6) is 0 Å². The lowest BCUT2D eigenvalue weighted by molar-refractivity contribution is 0.0620. The average molecular weight is 346 g/mol. The van der Waals surface area contributed by atoms with Gasteiger partial charge in [-0.2, -0.15) is 0 Å². The van der Waals surface area contributed by atoms with Gasteiger partial charge < -0.3 is 10.0 Å². The summed E-state index contributed by atoms with van der Waals surface area (Å²) in [6.07, 6.45) is 5.30. The Labute approximate surface area is 114 Å². The number of rotatable bonds is 2. The van der Waals surface area contributed by atoms with Crippen LogP contribution in [0.1, 0.15) is 23.2 Å². The molecule has 1 fully saturated rings. The number of hydrogen-bond donors (Lipinski definition) is 1. The van der Waals surface area contributed by atoms with Gasteiger partial charge in [0.15, 0.2) is 0 Å². The summed E-state index contributed by atoms with van der Waals surface area (Å²) in [5, 5.41) is 9.15. The second-order valence-corrected chi connectivity index (χ2v) is 5.58. The summed E-state index contributed by atoms with van der Waals surface area (Å²) in [5.74, 6) is 0.248. The standard InChI is InChI=1S/C12H15IN2O2/c13-11-4-10(5-14-6-11)12(17)15-3-1-2-9(7-15)8-16/h4-6,9,16H,1-3,7-8H2. The summed E-state index contributed by atoms with van der Waals surface area (Å²) in [6.45, 7) is 1.59. The highest BCUT2D eigenvalue weighted by atomic mass is 127. The molecule has 1 amide bonds. The van der Waals surface area contributed by atoms with Crippen molar-refractivity contribution in [3.05, 3.63) is 27.6 Å². The van der Waals surface area contributed by atoms with Crippen LogP contribution in [-0.2, 0) is 0 Å². The minimum Gasteiger partial charge on any atom is -0.396 e. The lowest BCUT2D eigenvalue weighted by atomic mass is 9.98. The van der Waals surface area contributed by atoms with Crippen molar-refractivity contribution in [1.82, 2.24) is 9.88 Å². The topological polar surface area (TPSA) is 53.4 Å². The van der Waals surface area contributed by atoms with Gasteiger partial charge in [-0.15, -0.1) is 0 Å². The first-order valence-corrected chi connectivity index (χ1v) is 6.79. The largest absolute Gasteiger partial charge is 0.396 e. The Bertz CT molecular complexity index is 411. The molecule has 1 atom stereocenters. The van der Waals surface area contributed by atoms with Gasteiger partial charge in [-0.1, -0.05) is 0 Å². The number of aliphatic hydroxyl groups excluding tert-OH is 1. The van der Waals surface area contributed by atoms with Crippen molar-refractivity contribution < 1.29 is 9.90 Å². The predicted octanol–water partition coefficient (Wildman–Crippen LogP) is 1.53. The van der Waals surface area contributed by atoms with E-state index in [0.29, 0.717) is 12.1 Å². The van der Waals surface area contributed by atoms with Gasteiger partial charge >= 0.3 is 0 Å². The molecule has 2 heterocycles. The molecule has 92 valence electrons. The van der Waals surface area contributed by atoms with Gasteiger partial charge in [-0.25, -0.2) is 0 Å². The summed E-state index contributed by atoms with van der Waals surface area (Å²) in [6, 6.07) is 1.85. The molecule has 1 aromatic rings. The van der Waals surface area contributed by atoms with Gasteiger partial charge in [0.05, 0.1) is 5.56 Å². The SMILES string of the molecule is O=C(c1cncc(I)c1)N1CCCC(CO)C1. The van der Waals surface area contributed by atoms with E-state index in [9.17, 15) is 4.79 Å². The van der Waals surface area contributed by atoms with Gasteiger partial charge in [-0.05, 0) is 47.4 Å². The number of hydrogen-bond acceptors (Lipinski definition) is 3. The molecule has 4 nitrogen and oxygen atoms in total. The van der Waals surface area contributed by atoms with Crippen LogP contribution in [0.2, 0.25) is 0 Å². The minimum atomic E-state index is 0.0224. The van der Waals surface area contributed by atoms with E-state index in [1.54, 1.807) is 12.4 Å². The fourth-order valence-electron chi connectivity index (χ4n) is 2.11. The number of pyridine rings is 1. The van der Waals surface area contributed by atoms with Gasteiger partial charge in [-0.3, -0.25) is 9.78 Å². The second-order valence-electron chi connectivity index (χ2n) is 4.33. The van der Waals surface area contributed by atoms with Gasteiger partial charge in [0.1, 0.15) is 0 Å². The maximum Gasteiger partial charge on any atom is 0.255 e. The van der Waals surface area contributed by atoms with Gasteiger partial charge in [0.2, 0.25) is 0 Å². The molecule has 2 rings (SSSR count). The highest BCUT2D eigenvalue weighted by Crippen LogP contribution is 2.18. The van der Waals surface area contributed by atoms with Crippen LogP contribution in [0, 0.1) is 9.49 Å². The Morgan fingerprint density at radius 3 is 3.12 bits per heavy atom. The van der Waals surface area contributed by atoms with E-state index >= 15 is 0 Å². The number of carbonyl (C=O) groups is 1. The first-order chi connectivity index (χ1) is 8.20. The van der Waals surface area contributed by atoms with E-state index in [4.69, 9.17) is 5.11 Å². The van der Waals surface area contributed by atoms with Crippen molar-refractivity contribution in [2.75, 3.05) is 19.7 Å². The summed E-state index contributed by atoms with van der Waals surface area (Å²) in [7, 11) is 0. The molecule has 17 heavy (non-hydrogen) atoms. The first kappa shape index (κ1) is 12.8. The molecule has 1 saturated heterocycles. The molecular weight excluding hydrogens is 331 g/mol. The summed E-state index contributed by atoms with van der Waals surface area (Å²) < 4.78 is 0.962. The Morgan fingerprint density at radius 2 is 2.41 bits per heavy atom. The fourth-order valence-corrected chi connectivity index (χ4v) is 2.61. The van der Waals surface area contributed by atoms with Crippen molar-refractivity contribution in [1.29, 1.82) is 0 Å². The molecule has 0 saturated carbocycles. The van der Waals surface area contributed by atoms with E-state index in [2.05, 4.69) is 27.6 Å². The van der Waals surface area contributed by atoms with E-state index in [-0.39, 0.29) is 18.4 Å². The third-order valence-electron chi connectivity index (χ3n) is 3.02. The highest BCUT2D eigenvalue weighted by Gasteiger charge is 2.24. The summed E-state index contributed by atoms with van der Waals surface area (Å²) in [4.78, 5) is 18.1. The monoisotopic (exact) mass is 346 g/mol. The van der Waals surface area contributed by atoms with Crippen molar-refractivity contribution >= 4 is 28.5 Å². The van der Waals surface area contributed by atoms with Crippen molar-refractivity contribution in [3.63, 3.8) is 0 Å². The average Bonchev–Trinajstić information content (AvgIpc) is 2.38. The van der Waals surface area contributed by atoms with E-state index < -0.39 is 0 Å². The van der Waals surface area contributed by atoms with Crippen LogP contribution in [0.25, 0.3) is 0 Å². The molecule has 1 unspecified atom stereocenters. The van der Waals surface area contributed by atoms with Crippen molar-refractivity contribution in [3.8, 4) is 0 Å². The number of nitrogens with zero attached hydrogens (tertiary/aromatic N) is 2. The third kappa shape index (κ3) is 3.16. The third-order valence-corrected chi connectivity index (χ3v) is 3.61. The molecule has 5 heteroatoms. The molecule has 0 bridgehead atoms. The van der Waals surface area contributed by atoms with Crippen LogP contribution in [-0.4, -0.2) is 40.6 Å². The van der Waals surface area contributed by atoms with Crippen LogP contribution in [0.15, 0.2) is 18.5 Å². The Balaban J connectivity index is 2.09. The number of amides is 1. The van der Waals surface area contributed by atoms with E-state index in [1.807, 2.05) is 11.0 Å². The van der Waals surface area contributed by atoms with Crippen LogP contribution in [0.4, 0.5) is 0 Å². The zero-order valence-corrected chi connectivity index (χ0v) is 11.6. The number of aliphatic hydroxyl groups is 1. The molecular formula is C12H15IN2O2. The summed E-state index contributed by atoms with van der Waals surface area (Å²) >= 11 is 2.15. The van der Waals surface area contributed by atoms with E-state index in [0.717, 1.165) is 23.0 Å². The van der Waals surface area contributed by atoms with Gasteiger partial charge in [0.25, 0.3) is 5.91 Å². The number of carbonyl (C=O) groups excluding carboxylic acids is 1. The summed E-state index contributed by atoms with van der Waals surface area (Å²) in [5.41, 5.74) is 0.635. The fraction of sp³-hybridized carbons (Fsp3) is 0.500. The predicted molar refractivity (Wildman–Crippen MR) is 72.7 cm³/mol. The Hall–Kier alpha value is -0.690. The van der Waals surface area contributed by atoms with E-state index in [1.165, 1.54) is 0 Å². The molecule has 1 aliphatic heterocycles. The lowest BCUT2D eigenvalue weighted by Crippen LogP contribution is -2.41. The normalized spacial score (nSPS) is 20.4. The number of aromatic nitrogens is 1. The second kappa shape index (κ2) is 5.77. The van der Waals surface area contributed by atoms with Crippen molar-refractivity contribution in [2.24, 2.45) is 5.92 Å².